The van der Waals surface area contributed by atoms with Crippen LogP contribution in [0, 0.1) is 0 Å². The molecule has 0 saturated carbocycles. The molecule has 1 aromatic carbocycles. The fraction of sp³-hybridized carbons (Fsp3) is 0.522. The van der Waals surface area contributed by atoms with Crippen molar-refractivity contribution < 1.29 is 9.90 Å². The van der Waals surface area contributed by atoms with Gasteiger partial charge in [0.15, 0.2) is 0 Å². The molecule has 2 amide bonds. The summed E-state index contributed by atoms with van der Waals surface area (Å²) in [7, 11) is 0. The zero-order valence-corrected chi connectivity index (χ0v) is 17.7. The Kier molecular flexibility index (Phi) is 5.65. The van der Waals surface area contributed by atoms with E-state index in [0.717, 1.165) is 37.1 Å². The second kappa shape index (κ2) is 8.20. The van der Waals surface area contributed by atoms with E-state index in [1.165, 1.54) is 22.1 Å². The Labute approximate surface area is 172 Å². The van der Waals surface area contributed by atoms with Crippen LogP contribution in [0.5, 0.6) is 0 Å². The smallest absolute Gasteiger partial charge is 0.317 e. The van der Waals surface area contributed by atoms with Crippen LogP contribution in [0.25, 0.3) is 16.5 Å². The molecule has 2 heterocycles. The molecule has 0 saturated heterocycles. The van der Waals surface area contributed by atoms with E-state index in [-0.39, 0.29) is 24.7 Å². The molecule has 3 N–H and O–H groups in total. The predicted molar refractivity (Wildman–Crippen MR) is 117 cm³/mol. The number of hydrogen-bond acceptors (Lipinski definition) is 3. The lowest BCUT2D eigenvalue weighted by atomic mass is 9.80. The minimum atomic E-state index is -0.00559. The minimum Gasteiger partial charge on any atom is -0.390 e. The number of nitrogens with one attached hydrogen (secondary N) is 2. The number of nitrogens with zero attached hydrogens (tertiary/aromatic N) is 2. The van der Waals surface area contributed by atoms with Crippen molar-refractivity contribution in [1.82, 2.24) is 20.1 Å². The first-order valence-corrected chi connectivity index (χ1v) is 10.9. The molecule has 6 nitrogen and oxygen atoms in total. The van der Waals surface area contributed by atoms with Gasteiger partial charge in [-0.1, -0.05) is 25.1 Å². The molecule has 0 unspecified atom stereocenters. The summed E-state index contributed by atoms with van der Waals surface area (Å²) >= 11 is 0. The third-order valence-corrected chi connectivity index (χ3v) is 6.36. The molecule has 1 aliphatic heterocycles. The molecule has 156 valence electrons. The summed E-state index contributed by atoms with van der Waals surface area (Å²) in [6.07, 6.45) is 4.23. The number of benzene rings is 1. The fourth-order valence-corrected chi connectivity index (χ4v) is 5.01. The standard InChI is InChI=1S/C23H32N4O2/c1-4-10-27-13-15(24-23(29)26(5-2)6-3)11-17-16-8-7-9-19-22(16)18(12-21(17)27)20(14-28)25-19/h7-9,11,15,21,25,28H,4-6,10,12-14H2,1-3H3,(H,24,29)/t15-,21+/m0/s1. The second-order valence-corrected chi connectivity index (χ2v) is 8.03. The zero-order chi connectivity index (χ0) is 20.5. The van der Waals surface area contributed by atoms with Gasteiger partial charge in [-0.3, -0.25) is 4.90 Å². The number of carbonyl (C=O) groups excluding carboxylic acids is 1. The molecule has 2 aliphatic rings. The number of fused-ring (bicyclic) bond motifs is 2. The van der Waals surface area contributed by atoms with E-state index in [9.17, 15) is 9.90 Å². The summed E-state index contributed by atoms with van der Waals surface area (Å²) in [5.74, 6) is 0. The van der Waals surface area contributed by atoms with Crippen molar-refractivity contribution in [2.45, 2.75) is 52.3 Å². The SMILES string of the molecule is CCCN1C[C@@H](NC(=O)N(CC)CC)C=C2c3cccc4[nH]c(CO)c(c34)C[C@H]21. The monoisotopic (exact) mass is 396 g/mol. The number of aromatic amines is 1. The molecule has 4 rings (SSSR count). The van der Waals surface area contributed by atoms with Crippen LogP contribution < -0.4 is 5.32 Å². The van der Waals surface area contributed by atoms with E-state index >= 15 is 0 Å². The third kappa shape index (κ3) is 3.45. The van der Waals surface area contributed by atoms with Crippen LogP contribution in [-0.2, 0) is 13.0 Å². The summed E-state index contributed by atoms with van der Waals surface area (Å²) < 4.78 is 0. The van der Waals surface area contributed by atoms with Gasteiger partial charge in [-0.05, 0) is 56.0 Å². The molecule has 0 fully saturated rings. The number of H-pyrrole nitrogens is 1. The van der Waals surface area contributed by atoms with Gasteiger partial charge < -0.3 is 20.3 Å². The van der Waals surface area contributed by atoms with E-state index in [4.69, 9.17) is 0 Å². The van der Waals surface area contributed by atoms with Crippen LogP contribution in [0.15, 0.2) is 24.3 Å². The Balaban J connectivity index is 1.75. The quantitative estimate of drug-likeness (QED) is 0.703. The lowest BCUT2D eigenvalue weighted by Gasteiger charge is -2.42. The Morgan fingerprint density at radius 2 is 2.10 bits per heavy atom. The first-order valence-electron chi connectivity index (χ1n) is 10.9. The molecule has 0 bridgehead atoms. The Hall–Kier alpha value is -2.31. The van der Waals surface area contributed by atoms with E-state index in [2.05, 4.69) is 46.4 Å². The van der Waals surface area contributed by atoms with Gasteiger partial charge in [-0.2, -0.15) is 0 Å². The van der Waals surface area contributed by atoms with Gasteiger partial charge in [0.1, 0.15) is 0 Å². The molecule has 1 aromatic heterocycles. The van der Waals surface area contributed by atoms with Crippen LogP contribution >= 0.6 is 0 Å². The van der Waals surface area contributed by atoms with Gasteiger partial charge in [0.25, 0.3) is 0 Å². The number of carbonyl (C=O) groups is 1. The van der Waals surface area contributed by atoms with Crippen LogP contribution in [-0.4, -0.2) is 64.2 Å². The highest BCUT2D eigenvalue weighted by Gasteiger charge is 2.36. The van der Waals surface area contributed by atoms with Crippen molar-refractivity contribution in [3.63, 3.8) is 0 Å². The summed E-state index contributed by atoms with van der Waals surface area (Å²) in [6.45, 7) is 9.48. The number of aliphatic hydroxyl groups is 1. The van der Waals surface area contributed by atoms with Crippen LogP contribution in [0.2, 0.25) is 0 Å². The van der Waals surface area contributed by atoms with E-state index in [1.54, 1.807) is 0 Å². The highest BCUT2D eigenvalue weighted by molar-refractivity contribution is 5.99. The predicted octanol–water partition coefficient (Wildman–Crippen LogP) is 3.11. The van der Waals surface area contributed by atoms with Gasteiger partial charge in [0, 0.05) is 42.3 Å². The van der Waals surface area contributed by atoms with Gasteiger partial charge in [0.05, 0.1) is 12.6 Å². The highest BCUT2D eigenvalue weighted by atomic mass is 16.3. The molecule has 0 radical (unpaired) electrons. The molecule has 6 heteroatoms. The van der Waals surface area contributed by atoms with Crippen molar-refractivity contribution in [2.24, 2.45) is 0 Å². The van der Waals surface area contributed by atoms with E-state index in [0.29, 0.717) is 13.1 Å². The summed E-state index contributed by atoms with van der Waals surface area (Å²) in [6, 6.07) is 6.62. The zero-order valence-electron chi connectivity index (χ0n) is 17.7. The van der Waals surface area contributed by atoms with Crippen LogP contribution in [0.1, 0.15) is 44.0 Å². The summed E-state index contributed by atoms with van der Waals surface area (Å²) in [5, 5.41) is 14.3. The Morgan fingerprint density at radius 1 is 1.31 bits per heavy atom. The fourth-order valence-electron chi connectivity index (χ4n) is 5.01. The molecule has 29 heavy (non-hydrogen) atoms. The van der Waals surface area contributed by atoms with Crippen LogP contribution in [0.3, 0.4) is 0 Å². The number of aliphatic hydroxyl groups excluding tert-OH is 1. The van der Waals surface area contributed by atoms with Crippen molar-refractivity contribution in [3.8, 4) is 0 Å². The number of aromatic nitrogens is 1. The van der Waals surface area contributed by atoms with Crippen molar-refractivity contribution in [2.75, 3.05) is 26.2 Å². The Bertz CT molecular complexity index is 928. The van der Waals surface area contributed by atoms with Gasteiger partial charge in [-0.15, -0.1) is 0 Å². The number of hydrogen-bond donors (Lipinski definition) is 3. The highest BCUT2D eigenvalue weighted by Crippen LogP contribution is 2.41. The molecular formula is C23H32N4O2. The first-order chi connectivity index (χ1) is 14.1. The lowest BCUT2D eigenvalue weighted by molar-refractivity contribution is 0.183. The largest absolute Gasteiger partial charge is 0.390 e. The average Bonchev–Trinajstić information content (AvgIpc) is 3.09. The van der Waals surface area contributed by atoms with Gasteiger partial charge in [-0.25, -0.2) is 4.79 Å². The maximum atomic E-state index is 12.7. The Morgan fingerprint density at radius 3 is 2.79 bits per heavy atom. The maximum absolute atomic E-state index is 12.7. The summed E-state index contributed by atoms with van der Waals surface area (Å²) in [5.41, 5.74) is 5.79. The van der Waals surface area contributed by atoms with Gasteiger partial charge >= 0.3 is 6.03 Å². The van der Waals surface area contributed by atoms with Crippen molar-refractivity contribution in [3.05, 3.63) is 41.1 Å². The minimum absolute atomic E-state index is 0.00525. The first kappa shape index (κ1) is 20.0. The number of rotatable bonds is 6. The lowest BCUT2D eigenvalue weighted by Crippen LogP contribution is -2.54. The average molecular weight is 397 g/mol. The van der Waals surface area contributed by atoms with Crippen LogP contribution in [0.4, 0.5) is 4.79 Å². The van der Waals surface area contributed by atoms with E-state index in [1.807, 2.05) is 18.7 Å². The summed E-state index contributed by atoms with van der Waals surface area (Å²) in [4.78, 5) is 20.4. The van der Waals surface area contributed by atoms with Crippen molar-refractivity contribution >= 4 is 22.5 Å². The molecular weight excluding hydrogens is 364 g/mol. The van der Waals surface area contributed by atoms with E-state index < -0.39 is 0 Å². The molecule has 0 spiro atoms. The normalized spacial score (nSPS) is 21.0. The molecule has 2 atom stereocenters. The number of amides is 2. The molecule has 2 aromatic rings. The topological polar surface area (TPSA) is 71.6 Å². The van der Waals surface area contributed by atoms with Crippen molar-refractivity contribution in [1.29, 1.82) is 0 Å². The number of urea groups is 1. The van der Waals surface area contributed by atoms with Gasteiger partial charge in [0.2, 0.25) is 0 Å². The third-order valence-electron chi connectivity index (χ3n) is 6.36. The molecule has 1 aliphatic carbocycles. The maximum Gasteiger partial charge on any atom is 0.317 e. The second-order valence-electron chi connectivity index (χ2n) is 8.03.